The molecule has 2 atom stereocenters. The molecule has 4 rings (SSSR count). The lowest BCUT2D eigenvalue weighted by Crippen LogP contribution is -2.48. The monoisotopic (exact) mass is 402 g/mol. The Balaban J connectivity index is 1.80. The van der Waals surface area contributed by atoms with Gasteiger partial charge in [-0.15, -0.1) is 0 Å². The molecule has 1 aliphatic heterocycles. The predicted octanol–water partition coefficient (Wildman–Crippen LogP) is 4.62. The van der Waals surface area contributed by atoms with E-state index in [2.05, 4.69) is 0 Å². The van der Waals surface area contributed by atoms with Crippen LogP contribution in [0.25, 0.3) is 21.8 Å². The molecular formula is C22H24F2N2O3. The van der Waals surface area contributed by atoms with E-state index in [0.717, 1.165) is 0 Å². The summed E-state index contributed by atoms with van der Waals surface area (Å²) < 4.78 is 35.2. The van der Waals surface area contributed by atoms with Gasteiger partial charge in [-0.2, -0.15) is 0 Å². The molecule has 1 aromatic heterocycles. The van der Waals surface area contributed by atoms with Gasteiger partial charge in [0.2, 0.25) is 0 Å². The van der Waals surface area contributed by atoms with Crippen LogP contribution in [0.15, 0.2) is 36.4 Å². The number of ether oxygens (including phenoxy) is 1. The number of hydrogen-bond acceptors (Lipinski definition) is 3. The van der Waals surface area contributed by atoms with Gasteiger partial charge in [0.15, 0.2) is 0 Å². The number of carbonyl (C=O) groups excluding carboxylic acids is 1. The van der Waals surface area contributed by atoms with E-state index in [1.165, 1.54) is 24.3 Å². The third-order valence-corrected chi connectivity index (χ3v) is 5.26. The van der Waals surface area contributed by atoms with E-state index in [0.29, 0.717) is 34.8 Å². The van der Waals surface area contributed by atoms with E-state index in [1.54, 1.807) is 37.8 Å². The maximum Gasteiger partial charge on any atom is 0.410 e. The molecule has 0 bridgehead atoms. The van der Waals surface area contributed by atoms with Gasteiger partial charge in [0.05, 0.1) is 12.1 Å². The van der Waals surface area contributed by atoms with Crippen molar-refractivity contribution >= 4 is 27.9 Å². The number of carbonyl (C=O) groups is 1. The van der Waals surface area contributed by atoms with E-state index >= 15 is 0 Å². The van der Waals surface area contributed by atoms with Gasteiger partial charge >= 0.3 is 6.09 Å². The first-order chi connectivity index (χ1) is 13.6. The maximum atomic E-state index is 13.9. The first-order valence-electron chi connectivity index (χ1n) is 9.69. The molecule has 5 nitrogen and oxygen atoms in total. The minimum Gasteiger partial charge on any atom is -0.444 e. The second-order valence-electron chi connectivity index (χ2n) is 8.54. The lowest BCUT2D eigenvalue weighted by Gasteiger charge is -2.38. The molecule has 7 heteroatoms. The molecule has 1 unspecified atom stereocenters. The number of amides is 1. The van der Waals surface area contributed by atoms with Gasteiger partial charge in [0.1, 0.15) is 17.2 Å². The van der Waals surface area contributed by atoms with Crippen LogP contribution in [0.1, 0.15) is 33.2 Å². The van der Waals surface area contributed by atoms with E-state index in [1.807, 2.05) is 4.57 Å². The highest BCUT2D eigenvalue weighted by Gasteiger charge is 2.35. The number of aromatic nitrogens is 1. The van der Waals surface area contributed by atoms with Crippen LogP contribution in [0.3, 0.4) is 0 Å². The Morgan fingerprint density at radius 1 is 1.07 bits per heavy atom. The highest BCUT2D eigenvalue weighted by Crippen LogP contribution is 2.36. The molecule has 1 N–H and O–H groups in total. The van der Waals surface area contributed by atoms with Gasteiger partial charge in [0, 0.05) is 34.9 Å². The summed E-state index contributed by atoms with van der Waals surface area (Å²) in [6, 6.07) is 8.21. The molecule has 154 valence electrons. The fraction of sp³-hybridized carbons (Fsp3) is 0.409. The zero-order valence-electron chi connectivity index (χ0n) is 16.7. The quantitative estimate of drug-likeness (QED) is 0.646. The van der Waals surface area contributed by atoms with E-state index in [9.17, 15) is 18.7 Å². The van der Waals surface area contributed by atoms with Crippen LogP contribution < -0.4 is 0 Å². The van der Waals surface area contributed by atoms with E-state index in [-0.39, 0.29) is 6.54 Å². The minimum absolute atomic E-state index is 0.240. The number of likely N-dealkylation sites (tertiary alicyclic amines) is 1. The third kappa shape index (κ3) is 3.67. The highest BCUT2D eigenvalue weighted by atomic mass is 19.1. The van der Waals surface area contributed by atoms with Crippen LogP contribution in [0.4, 0.5) is 13.6 Å². The van der Waals surface area contributed by atoms with Crippen LogP contribution in [-0.4, -0.2) is 45.5 Å². The fourth-order valence-electron chi connectivity index (χ4n) is 4.02. The van der Waals surface area contributed by atoms with Gasteiger partial charge in [-0.25, -0.2) is 13.6 Å². The molecule has 0 spiro atoms. The van der Waals surface area contributed by atoms with Crippen LogP contribution in [0, 0.1) is 11.6 Å². The zero-order chi connectivity index (χ0) is 20.9. The largest absolute Gasteiger partial charge is 0.444 e. The molecule has 0 radical (unpaired) electrons. The summed E-state index contributed by atoms with van der Waals surface area (Å²) in [7, 11) is 0. The highest BCUT2D eigenvalue weighted by molar-refractivity contribution is 6.08. The Morgan fingerprint density at radius 2 is 1.62 bits per heavy atom. The van der Waals surface area contributed by atoms with E-state index < -0.39 is 35.5 Å². The lowest BCUT2D eigenvalue weighted by atomic mass is 10.0. The topological polar surface area (TPSA) is 54.7 Å². The number of fused-ring (bicyclic) bond motifs is 3. The smallest absolute Gasteiger partial charge is 0.410 e. The molecule has 1 amide bonds. The average molecular weight is 402 g/mol. The van der Waals surface area contributed by atoms with Crippen molar-refractivity contribution in [2.75, 3.05) is 13.1 Å². The Bertz CT molecular complexity index is 1030. The number of piperidine rings is 1. The molecule has 1 fully saturated rings. The van der Waals surface area contributed by atoms with Gasteiger partial charge in [0.25, 0.3) is 0 Å². The number of benzene rings is 2. The average Bonchev–Trinajstić information content (AvgIpc) is 2.93. The number of rotatable bonds is 1. The number of aliphatic hydroxyl groups is 1. The molecule has 2 heterocycles. The third-order valence-electron chi connectivity index (χ3n) is 5.26. The minimum atomic E-state index is -0.706. The second kappa shape index (κ2) is 6.99. The molecule has 3 aromatic rings. The Labute approximate surface area is 167 Å². The molecule has 0 aliphatic carbocycles. The first kappa shape index (κ1) is 19.6. The van der Waals surface area contributed by atoms with Crippen LogP contribution >= 0.6 is 0 Å². The van der Waals surface area contributed by atoms with Crippen LogP contribution in [0.2, 0.25) is 0 Å². The van der Waals surface area contributed by atoms with Gasteiger partial charge < -0.3 is 19.3 Å². The molecule has 29 heavy (non-hydrogen) atoms. The number of nitrogens with zero attached hydrogens (tertiary/aromatic N) is 2. The number of halogens is 2. The van der Waals surface area contributed by atoms with Crippen molar-refractivity contribution in [3.8, 4) is 0 Å². The number of aliphatic hydroxyl groups excluding tert-OH is 1. The Hall–Kier alpha value is -2.67. The summed E-state index contributed by atoms with van der Waals surface area (Å²) in [4.78, 5) is 14.1. The van der Waals surface area contributed by atoms with Crippen molar-refractivity contribution in [1.82, 2.24) is 9.47 Å². The first-order valence-corrected chi connectivity index (χ1v) is 9.69. The van der Waals surface area contributed by atoms with Gasteiger partial charge in [-0.1, -0.05) is 0 Å². The van der Waals surface area contributed by atoms with Crippen molar-refractivity contribution in [3.63, 3.8) is 0 Å². The van der Waals surface area contributed by atoms with Crippen molar-refractivity contribution in [3.05, 3.63) is 48.0 Å². The van der Waals surface area contributed by atoms with Gasteiger partial charge in [-0.05, 0) is 63.6 Å². The second-order valence-corrected chi connectivity index (χ2v) is 8.54. The summed E-state index contributed by atoms with van der Waals surface area (Å²) in [5.41, 5.74) is 0.744. The summed E-state index contributed by atoms with van der Waals surface area (Å²) in [6.45, 7) is 6.03. The molecule has 0 saturated carbocycles. The van der Waals surface area contributed by atoms with Crippen LogP contribution in [0.5, 0.6) is 0 Å². The van der Waals surface area contributed by atoms with Crippen molar-refractivity contribution in [2.24, 2.45) is 0 Å². The summed E-state index contributed by atoms with van der Waals surface area (Å²) in [5.74, 6) is -0.833. The SMILES string of the molecule is CC(C)(C)OC(=O)N1CC[C@@H](O)C(n2c3ccc(F)cc3c3cc(F)ccc32)C1. The molecule has 2 aromatic carbocycles. The maximum absolute atomic E-state index is 13.9. The Morgan fingerprint density at radius 3 is 2.14 bits per heavy atom. The van der Waals surface area contributed by atoms with E-state index in [4.69, 9.17) is 4.74 Å². The Kier molecular flexibility index (Phi) is 4.73. The predicted molar refractivity (Wildman–Crippen MR) is 107 cm³/mol. The summed E-state index contributed by atoms with van der Waals surface area (Å²) >= 11 is 0. The normalized spacial score (nSPS) is 20.4. The molecule has 1 saturated heterocycles. The molecule has 1 aliphatic rings. The summed E-state index contributed by atoms with van der Waals surface area (Å²) in [6.07, 6.45) is -0.761. The number of hydrogen-bond donors (Lipinski definition) is 1. The fourth-order valence-corrected chi connectivity index (χ4v) is 4.02. The standard InChI is InChI=1S/C22H24F2N2O3/c1-22(2,3)29-21(28)25-9-8-20(27)19(12-25)26-17-6-4-13(23)10-15(17)16-11-14(24)5-7-18(16)26/h4-7,10-11,19-20,27H,8-9,12H2,1-3H3/t19?,20-/m1/s1. The van der Waals surface area contributed by atoms with Crippen LogP contribution in [-0.2, 0) is 4.74 Å². The summed E-state index contributed by atoms with van der Waals surface area (Å²) in [5, 5.41) is 11.9. The lowest BCUT2D eigenvalue weighted by molar-refractivity contribution is -0.00417. The molecular weight excluding hydrogens is 378 g/mol. The van der Waals surface area contributed by atoms with Gasteiger partial charge in [-0.3, -0.25) is 0 Å². The van der Waals surface area contributed by atoms with Crippen molar-refractivity contribution in [1.29, 1.82) is 0 Å². The zero-order valence-corrected chi connectivity index (χ0v) is 16.7. The van der Waals surface area contributed by atoms with Crippen molar-refractivity contribution < 1.29 is 23.4 Å². The van der Waals surface area contributed by atoms with Crippen molar-refractivity contribution in [2.45, 2.75) is 44.9 Å².